The molecule has 1 aromatic heterocycles. The average molecular weight is 348 g/mol. The Hall–Kier alpha value is -0.430. The van der Waals surface area contributed by atoms with E-state index in [1.54, 1.807) is 6.20 Å². The molecule has 0 radical (unpaired) electrons. The van der Waals surface area contributed by atoms with Crippen LogP contribution in [-0.4, -0.2) is 16.6 Å². The van der Waals surface area contributed by atoms with Crippen LogP contribution in [0.15, 0.2) is 11.0 Å². The van der Waals surface area contributed by atoms with Gasteiger partial charge in [0.2, 0.25) is 0 Å². The largest absolute Gasteiger partial charge is 0.367 e. The molecule has 1 fully saturated rings. The van der Waals surface area contributed by atoms with Gasteiger partial charge in [-0.25, -0.2) is 4.98 Å². The Labute approximate surface area is 114 Å². The smallest absolute Gasteiger partial charge is 0.264 e. The summed E-state index contributed by atoms with van der Waals surface area (Å²) in [5, 5.41) is 0. The van der Waals surface area contributed by atoms with Crippen molar-refractivity contribution in [2.45, 2.75) is 44.6 Å². The molecule has 0 bridgehead atoms. The first-order valence-corrected chi connectivity index (χ1v) is 7.15. The van der Waals surface area contributed by atoms with E-state index in [1.807, 2.05) is 29.5 Å². The standard InChI is InChI=1S/C12H17IN2O2/c1-2-17-12(6-4-3-5-7-12)11-14-8-9(13)10(16)15-11/h8H,2-7H2,1H3,(H,14,15,16). The van der Waals surface area contributed by atoms with Crippen LogP contribution in [0.1, 0.15) is 44.9 Å². The Balaban J connectivity index is 2.37. The minimum absolute atomic E-state index is 0.0692. The van der Waals surface area contributed by atoms with E-state index < -0.39 is 0 Å². The Kier molecular flexibility index (Phi) is 4.19. The number of nitrogens with one attached hydrogen (secondary N) is 1. The highest BCUT2D eigenvalue weighted by Crippen LogP contribution is 2.38. The quantitative estimate of drug-likeness (QED) is 0.855. The van der Waals surface area contributed by atoms with E-state index in [4.69, 9.17) is 4.74 Å². The van der Waals surface area contributed by atoms with Crippen molar-refractivity contribution < 1.29 is 4.74 Å². The molecule has 0 unspecified atom stereocenters. The van der Waals surface area contributed by atoms with Crippen LogP contribution in [0.3, 0.4) is 0 Å². The van der Waals surface area contributed by atoms with E-state index in [1.165, 1.54) is 6.42 Å². The summed E-state index contributed by atoms with van der Waals surface area (Å²) in [5.41, 5.74) is -0.434. The average Bonchev–Trinajstić information content (AvgIpc) is 2.34. The van der Waals surface area contributed by atoms with Gasteiger partial charge in [-0.3, -0.25) is 4.79 Å². The Bertz CT molecular complexity index is 433. The van der Waals surface area contributed by atoms with Gasteiger partial charge in [-0.1, -0.05) is 19.3 Å². The zero-order chi connectivity index (χ0) is 12.3. The van der Waals surface area contributed by atoms with Gasteiger partial charge >= 0.3 is 0 Å². The summed E-state index contributed by atoms with van der Waals surface area (Å²) in [6.07, 6.45) is 7.04. The maximum absolute atomic E-state index is 11.7. The molecule has 1 aliphatic carbocycles. The van der Waals surface area contributed by atoms with Crippen molar-refractivity contribution in [3.8, 4) is 0 Å². The molecule has 1 saturated carbocycles. The van der Waals surface area contributed by atoms with Crippen molar-refractivity contribution >= 4 is 22.6 Å². The number of H-pyrrole nitrogens is 1. The zero-order valence-corrected chi connectivity index (χ0v) is 12.1. The van der Waals surface area contributed by atoms with Gasteiger partial charge in [0.25, 0.3) is 5.56 Å². The van der Waals surface area contributed by atoms with Crippen molar-refractivity contribution in [1.82, 2.24) is 9.97 Å². The fraction of sp³-hybridized carbons (Fsp3) is 0.667. The fourth-order valence-electron chi connectivity index (χ4n) is 2.46. The molecule has 1 N–H and O–H groups in total. The molecule has 5 heteroatoms. The summed E-state index contributed by atoms with van der Waals surface area (Å²) < 4.78 is 6.54. The van der Waals surface area contributed by atoms with E-state index in [0.717, 1.165) is 25.7 Å². The van der Waals surface area contributed by atoms with Crippen molar-refractivity contribution in [3.05, 3.63) is 25.9 Å². The van der Waals surface area contributed by atoms with Crippen molar-refractivity contribution in [2.75, 3.05) is 6.61 Å². The first-order chi connectivity index (χ1) is 8.18. The highest BCUT2D eigenvalue weighted by molar-refractivity contribution is 14.1. The lowest BCUT2D eigenvalue weighted by Crippen LogP contribution is -2.36. The molecule has 0 saturated heterocycles. The second-order valence-electron chi connectivity index (χ2n) is 4.40. The molecule has 0 atom stereocenters. The molecule has 0 spiro atoms. The molecule has 1 aliphatic rings. The highest BCUT2D eigenvalue weighted by Gasteiger charge is 2.37. The molecule has 1 aromatic rings. The predicted octanol–water partition coefficient (Wildman–Crippen LogP) is 2.57. The van der Waals surface area contributed by atoms with Gasteiger partial charge in [0.15, 0.2) is 0 Å². The maximum Gasteiger partial charge on any atom is 0.264 e. The summed E-state index contributed by atoms with van der Waals surface area (Å²) in [7, 11) is 0. The van der Waals surface area contributed by atoms with Gasteiger partial charge in [0.05, 0.1) is 3.57 Å². The lowest BCUT2D eigenvalue weighted by atomic mass is 9.84. The summed E-state index contributed by atoms with van der Waals surface area (Å²) in [4.78, 5) is 18.9. The molecule has 4 nitrogen and oxygen atoms in total. The van der Waals surface area contributed by atoms with E-state index in [9.17, 15) is 4.79 Å². The first kappa shape index (κ1) is 13.0. The van der Waals surface area contributed by atoms with Gasteiger partial charge in [0, 0.05) is 12.8 Å². The second-order valence-corrected chi connectivity index (χ2v) is 5.56. The summed E-state index contributed by atoms with van der Waals surface area (Å²) in [6, 6.07) is 0. The van der Waals surface area contributed by atoms with Crippen LogP contribution in [0.2, 0.25) is 0 Å². The van der Waals surface area contributed by atoms with Crippen LogP contribution < -0.4 is 5.56 Å². The lowest BCUT2D eigenvalue weighted by Gasteiger charge is -2.35. The van der Waals surface area contributed by atoms with E-state index in [-0.39, 0.29) is 11.2 Å². The van der Waals surface area contributed by atoms with Crippen LogP contribution >= 0.6 is 22.6 Å². The summed E-state index contributed by atoms with van der Waals surface area (Å²) in [5.74, 6) is 0.699. The topological polar surface area (TPSA) is 55.0 Å². The molecule has 2 rings (SSSR count). The number of nitrogens with zero attached hydrogens (tertiary/aromatic N) is 1. The number of halogens is 1. The summed E-state index contributed by atoms with van der Waals surface area (Å²) in [6.45, 7) is 2.64. The molecule has 17 heavy (non-hydrogen) atoms. The van der Waals surface area contributed by atoms with E-state index in [2.05, 4.69) is 9.97 Å². The molecular weight excluding hydrogens is 331 g/mol. The SMILES string of the molecule is CCOC1(c2ncc(I)c(=O)[nH]2)CCCCC1. The van der Waals surface area contributed by atoms with E-state index in [0.29, 0.717) is 16.0 Å². The van der Waals surface area contributed by atoms with Crippen LogP contribution in [0, 0.1) is 3.57 Å². The van der Waals surface area contributed by atoms with Crippen molar-refractivity contribution in [1.29, 1.82) is 0 Å². The van der Waals surface area contributed by atoms with Crippen LogP contribution in [0.4, 0.5) is 0 Å². The Morgan fingerprint density at radius 2 is 2.18 bits per heavy atom. The molecular formula is C12H17IN2O2. The first-order valence-electron chi connectivity index (χ1n) is 6.07. The Morgan fingerprint density at radius 1 is 1.47 bits per heavy atom. The third-order valence-electron chi connectivity index (χ3n) is 3.27. The van der Waals surface area contributed by atoms with Crippen molar-refractivity contribution in [2.24, 2.45) is 0 Å². The number of hydrogen-bond donors (Lipinski definition) is 1. The van der Waals surface area contributed by atoms with Gasteiger partial charge in [-0.15, -0.1) is 0 Å². The van der Waals surface area contributed by atoms with Gasteiger partial charge < -0.3 is 9.72 Å². The lowest BCUT2D eigenvalue weighted by molar-refractivity contribution is -0.0768. The van der Waals surface area contributed by atoms with Crippen LogP contribution in [0.25, 0.3) is 0 Å². The number of ether oxygens (including phenoxy) is 1. The molecule has 94 valence electrons. The van der Waals surface area contributed by atoms with Gasteiger partial charge in [-0.2, -0.15) is 0 Å². The number of aromatic nitrogens is 2. The highest BCUT2D eigenvalue weighted by atomic mass is 127. The maximum atomic E-state index is 11.7. The van der Waals surface area contributed by atoms with E-state index >= 15 is 0 Å². The Morgan fingerprint density at radius 3 is 2.76 bits per heavy atom. The molecule has 1 heterocycles. The number of hydrogen-bond acceptors (Lipinski definition) is 3. The van der Waals surface area contributed by atoms with Gasteiger partial charge in [-0.05, 0) is 42.4 Å². The van der Waals surface area contributed by atoms with Gasteiger partial charge in [0.1, 0.15) is 11.4 Å². The zero-order valence-electron chi connectivity index (χ0n) is 9.96. The van der Waals surface area contributed by atoms with Crippen LogP contribution in [-0.2, 0) is 10.3 Å². The monoisotopic (exact) mass is 348 g/mol. The number of rotatable bonds is 3. The van der Waals surface area contributed by atoms with Crippen LogP contribution in [0.5, 0.6) is 0 Å². The molecule has 0 amide bonds. The molecule has 0 aromatic carbocycles. The number of aromatic amines is 1. The third kappa shape index (κ3) is 2.70. The summed E-state index contributed by atoms with van der Waals surface area (Å²) >= 11 is 1.99. The third-order valence-corrected chi connectivity index (χ3v) is 4.04. The predicted molar refractivity (Wildman–Crippen MR) is 74.0 cm³/mol. The minimum atomic E-state index is -0.365. The normalized spacial score (nSPS) is 19.2. The molecule has 0 aliphatic heterocycles. The minimum Gasteiger partial charge on any atom is -0.367 e. The fourth-order valence-corrected chi connectivity index (χ4v) is 2.73. The van der Waals surface area contributed by atoms with Crippen molar-refractivity contribution in [3.63, 3.8) is 0 Å². The second kappa shape index (κ2) is 5.48.